The van der Waals surface area contributed by atoms with Crippen LogP contribution in [0.2, 0.25) is 0 Å². The van der Waals surface area contributed by atoms with E-state index in [9.17, 15) is 26.3 Å². The lowest BCUT2D eigenvalue weighted by Gasteiger charge is -2.25. The third-order valence-electron chi connectivity index (χ3n) is 5.87. The van der Waals surface area contributed by atoms with Gasteiger partial charge in [0.1, 0.15) is 5.82 Å². The average molecular weight is 556 g/mol. The number of benzene rings is 2. The Morgan fingerprint density at radius 3 is 2.13 bits per heavy atom. The maximum atomic E-state index is 13.8. The van der Waals surface area contributed by atoms with Gasteiger partial charge in [-0.15, -0.1) is 0 Å². The van der Waals surface area contributed by atoms with Gasteiger partial charge < -0.3 is 20.3 Å². The number of nitrogens with two attached hydrogens (primary N) is 1. The molecule has 39 heavy (non-hydrogen) atoms. The van der Waals surface area contributed by atoms with E-state index in [1.165, 1.54) is 12.1 Å². The van der Waals surface area contributed by atoms with Crippen molar-refractivity contribution in [2.45, 2.75) is 39.0 Å². The van der Waals surface area contributed by atoms with Crippen LogP contribution < -0.4 is 10.6 Å². The number of carboxylic acid groups (broad SMARTS) is 1. The van der Waals surface area contributed by atoms with E-state index in [2.05, 4.69) is 28.7 Å². The van der Waals surface area contributed by atoms with Crippen molar-refractivity contribution in [1.82, 2.24) is 14.5 Å². The van der Waals surface area contributed by atoms with Gasteiger partial charge in [-0.3, -0.25) is 0 Å². The normalized spacial score (nSPS) is 11.9. The van der Waals surface area contributed by atoms with Gasteiger partial charge in [0.15, 0.2) is 0 Å². The summed E-state index contributed by atoms with van der Waals surface area (Å²) in [5.41, 5.74) is 7.21. The monoisotopic (exact) mass is 555 g/mol. The molecule has 0 fully saturated rings. The second-order valence-electron chi connectivity index (χ2n) is 8.75. The zero-order chi connectivity index (χ0) is 29.1. The molecular formula is C26H27F6N5O2. The Kier molecular flexibility index (Phi) is 8.61. The van der Waals surface area contributed by atoms with Gasteiger partial charge in [-0.1, -0.05) is 32.0 Å². The number of nitrogens with zero attached hydrogens (tertiary/aromatic N) is 4. The molecule has 4 rings (SSSR count). The first-order valence-corrected chi connectivity index (χ1v) is 12.0. The molecule has 0 bridgehead atoms. The van der Waals surface area contributed by atoms with E-state index in [1.54, 1.807) is 12.1 Å². The van der Waals surface area contributed by atoms with Crippen molar-refractivity contribution in [1.29, 1.82) is 0 Å². The van der Waals surface area contributed by atoms with Gasteiger partial charge in [0.2, 0.25) is 5.95 Å². The summed E-state index contributed by atoms with van der Waals surface area (Å²) >= 11 is 0. The Bertz CT molecular complexity index is 1470. The van der Waals surface area contributed by atoms with Crippen LogP contribution in [0.3, 0.4) is 0 Å². The maximum Gasteiger partial charge on any atom is 0.490 e. The zero-order valence-electron chi connectivity index (χ0n) is 21.4. The smallest absolute Gasteiger partial charge is 0.475 e. The second-order valence-corrected chi connectivity index (χ2v) is 8.75. The van der Waals surface area contributed by atoms with Gasteiger partial charge in [0, 0.05) is 37.3 Å². The van der Waals surface area contributed by atoms with Crippen molar-refractivity contribution >= 4 is 39.5 Å². The first-order valence-electron chi connectivity index (χ1n) is 12.0. The summed E-state index contributed by atoms with van der Waals surface area (Å²) in [4.78, 5) is 20.1. The molecule has 0 saturated carbocycles. The minimum Gasteiger partial charge on any atom is -0.475 e. The zero-order valence-corrected chi connectivity index (χ0v) is 21.4. The fraction of sp³-hybridized carbons (Fsp3) is 0.346. The number of hydrogen-bond donors (Lipinski definition) is 2. The third-order valence-corrected chi connectivity index (χ3v) is 5.87. The van der Waals surface area contributed by atoms with Crippen molar-refractivity contribution in [2.24, 2.45) is 7.05 Å². The van der Waals surface area contributed by atoms with Gasteiger partial charge in [-0.05, 0) is 36.6 Å². The van der Waals surface area contributed by atoms with Crippen LogP contribution in [0.25, 0.3) is 32.9 Å². The standard InChI is InChI=1S/C24H26F3N5.C2HF3O2/c1-4-11-32(12-5-2)22-20-16-10-13-31(3)21(16)17(14-19(20)29-23(28)30-22)15-8-6-7-9-18(15)24(25,26)27;3-2(4,5)1(6)7/h6-10,13-14H,4-5,11-12H2,1-3H3,(H2,28,29,30);(H,6,7). The molecule has 0 aliphatic carbocycles. The van der Waals surface area contributed by atoms with Crippen LogP contribution in [0.5, 0.6) is 0 Å². The molecule has 2 aromatic carbocycles. The van der Waals surface area contributed by atoms with E-state index in [0.717, 1.165) is 48.6 Å². The van der Waals surface area contributed by atoms with E-state index in [0.29, 0.717) is 16.6 Å². The number of carbonyl (C=O) groups is 1. The SMILES string of the molecule is CCCN(CCC)c1nc(N)nc2cc(-c3ccccc3C(F)(F)F)c3c(ccn3C)c12.O=C(O)C(F)(F)F. The first-order chi connectivity index (χ1) is 18.2. The van der Waals surface area contributed by atoms with E-state index in [-0.39, 0.29) is 11.5 Å². The highest BCUT2D eigenvalue weighted by molar-refractivity contribution is 6.16. The Hall–Kier alpha value is -4.03. The number of halogens is 6. The molecule has 0 spiro atoms. The summed E-state index contributed by atoms with van der Waals surface area (Å²) in [5.74, 6) is -1.93. The van der Waals surface area contributed by atoms with Gasteiger partial charge in [-0.25, -0.2) is 9.78 Å². The van der Waals surface area contributed by atoms with Gasteiger partial charge in [0.05, 0.1) is 22.0 Å². The van der Waals surface area contributed by atoms with Crippen LogP contribution in [0, 0.1) is 0 Å². The summed E-state index contributed by atoms with van der Waals surface area (Å²) in [6, 6.07) is 9.26. The molecular weight excluding hydrogens is 528 g/mol. The molecule has 0 atom stereocenters. The minimum atomic E-state index is -5.08. The number of fused-ring (bicyclic) bond motifs is 3. The highest BCUT2D eigenvalue weighted by Gasteiger charge is 2.38. The highest BCUT2D eigenvalue weighted by Crippen LogP contribution is 2.43. The first kappa shape index (κ1) is 29.5. The molecule has 0 aliphatic rings. The molecule has 0 unspecified atom stereocenters. The van der Waals surface area contributed by atoms with Crippen LogP contribution in [0.15, 0.2) is 42.6 Å². The molecule has 7 nitrogen and oxygen atoms in total. The fourth-order valence-electron chi connectivity index (χ4n) is 4.38. The fourth-order valence-corrected chi connectivity index (χ4v) is 4.38. The molecule has 2 heterocycles. The molecule has 0 radical (unpaired) electrons. The van der Waals surface area contributed by atoms with Crippen LogP contribution in [0.4, 0.5) is 38.1 Å². The number of carboxylic acids is 1. The number of aryl methyl sites for hydroxylation is 1. The lowest BCUT2D eigenvalue weighted by Crippen LogP contribution is -2.26. The molecule has 0 amide bonds. The van der Waals surface area contributed by atoms with Gasteiger partial charge >= 0.3 is 18.3 Å². The average Bonchev–Trinajstić information content (AvgIpc) is 3.23. The largest absolute Gasteiger partial charge is 0.490 e. The van der Waals surface area contributed by atoms with E-state index < -0.39 is 23.9 Å². The Morgan fingerprint density at radius 2 is 1.59 bits per heavy atom. The lowest BCUT2D eigenvalue weighted by atomic mass is 9.95. The third kappa shape index (κ3) is 6.35. The summed E-state index contributed by atoms with van der Waals surface area (Å²) in [7, 11) is 1.83. The Morgan fingerprint density at radius 1 is 1.00 bits per heavy atom. The number of alkyl halides is 6. The minimum absolute atomic E-state index is 0.107. The van der Waals surface area contributed by atoms with Crippen molar-refractivity contribution in [3.05, 3.63) is 48.2 Å². The number of aromatic nitrogens is 3. The highest BCUT2D eigenvalue weighted by atomic mass is 19.4. The molecule has 0 saturated heterocycles. The quantitative estimate of drug-likeness (QED) is 0.259. The number of rotatable bonds is 6. The summed E-state index contributed by atoms with van der Waals surface area (Å²) in [6.45, 7) is 5.79. The number of nitrogen functional groups attached to an aromatic ring is 1. The van der Waals surface area contributed by atoms with Crippen molar-refractivity contribution in [3.8, 4) is 11.1 Å². The van der Waals surface area contributed by atoms with Crippen molar-refractivity contribution < 1.29 is 36.2 Å². The molecule has 2 aromatic heterocycles. The van der Waals surface area contributed by atoms with Crippen LogP contribution in [-0.2, 0) is 18.0 Å². The molecule has 3 N–H and O–H groups in total. The molecule has 4 aromatic rings. The van der Waals surface area contributed by atoms with E-state index in [4.69, 9.17) is 15.6 Å². The van der Waals surface area contributed by atoms with Crippen molar-refractivity contribution in [3.63, 3.8) is 0 Å². The topological polar surface area (TPSA) is 97.3 Å². The van der Waals surface area contributed by atoms with Gasteiger partial charge in [0.25, 0.3) is 0 Å². The predicted molar refractivity (Wildman–Crippen MR) is 137 cm³/mol. The lowest BCUT2D eigenvalue weighted by molar-refractivity contribution is -0.192. The van der Waals surface area contributed by atoms with Crippen LogP contribution >= 0.6 is 0 Å². The van der Waals surface area contributed by atoms with Crippen LogP contribution in [0.1, 0.15) is 32.3 Å². The van der Waals surface area contributed by atoms with E-state index in [1.807, 2.05) is 23.9 Å². The molecule has 13 heteroatoms. The molecule has 210 valence electrons. The Balaban J connectivity index is 0.000000532. The van der Waals surface area contributed by atoms with E-state index >= 15 is 0 Å². The maximum absolute atomic E-state index is 13.8. The summed E-state index contributed by atoms with van der Waals surface area (Å²) < 4.78 is 75.0. The Labute approximate surface area is 219 Å². The predicted octanol–water partition coefficient (Wildman–Crippen LogP) is 6.65. The van der Waals surface area contributed by atoms with Gasteiger partial charge in [-0.2, -0.15) is 31.3 Å². The van der Waals surface area contributed by atoms with Crippen LogP contribution in [-0.4, -0.2) is 44.9 Å². The summed E-state index contributed by atoms with van der Waals surface area (Å²) in [5, 5.41) is 8.74. The number of hydrogen-bond acceptors (Lipinski definition) is 5. The number of aliphatic carboxylic acids is 1. The summed E-state index contributed by atoms with van der Waals surface area (Å²) in [6.07, 6.45) is -5.84. The second kappa shape index (κ2) is 11.4. The molecule has 0 aliphatic heterocycles. The number of anilines is 2. The van der Waals surface area contributed by atoms with Crippen molar-refractivity contribution in [2.75, 3.05) is 23.7 Å².